The van der Waals surface area contributed by atoms with Gasteiger partial charge in [0.2, 0.25) is 12.1 Å². The number of carbonyl (C=O) groups is 2. The molecule has 0 saturated carbocycles. The molecule has 0 aliphatic carbocycles. The highest BCUT2D eigenvalue weighted by molar-refractivity contribution is 5.72. The molecule has 3 rings (SSSR count). The van der Waals surface area contributed by atoms with Gasteiger partial charge in [-0.25, -0.2) is 18.7 Å². The lowest BCUT2D eigenvalue weighted by molar-refractivity contribution is -0.252. The number of halogens is 4. The molecule has 2 aromatic rings. The molecule has 15 heteroatoms. The number of fused-ring (bicyclic) bond motifs is 1. The van der Waals surface area contributed by atoms with Crippen molar-refractivity contribution in [2.24, 2.45) is 0 Å². The van der Waals surface area contributed by atoms with E-state index in [1.54, 1.807) is 6.92 Å². The van der Waals surface area contributed by atoms with E-state index in [2.05, 4.69) is 14.7 Å². The van der Waals surface area contributed by atoms with E-state index in [0.29, 0.717) is 13.3 Å². The van der Waals surface area contributed by atoms with Crippen LogP contribution in [0.3, 0.4) is 0 Å². The van der Waals surface area contributed by atoms with Gasteiger partial charge in [0, 0.05) is 20.4 Å². The first-order chi connectivity index (χ1) is 15.4. The lowest BCUT2D eigenvalue weighted by atomic mass is 10.1. The van der Waals surface area contributed by atoms with Gasteiger partial charge in [0.05, 0.1) is 6.20 Å². The minimum absolute atomic E-state index is 0.160. The summed E-state index contributed by atoms with van der Waals surface area (Å²) in [7, 11) is 0. The van der Waals surface area contributed by atoms with E-state index < -0.39 is 54.5 Å². The number of carbonyl (C=O) groups excluding carboxylic acids is 2. The summed E-state index contributed by atoms with van der Waals surface area (Å²) >= 11 is 0. The molecule has 1 fully saturated rings. The predicted octanol–water partition coefficient (Wildman–Crippen LogP) is 1.25. The van der Waals surface area contributed by atoms with Crippen LogP contribution >= 0.6 is 0 Å². The van der Waals surface area contributed by atoms with Crippen LogP contribution in [0.15, 0.2) is 11.0 Å². The van der Waals surface area contributed by atoms with Gasteiger partial charge in [-0.15, -0.1) is 0 Å². The van der Waals surface area contributed by atoms with Crippen molar-refractivity contribution in [1.29, 1.82) is 0 Å². The summed E-state index contributed by atoms with van der Waals surface area (Å²) in [5.74, 6) is -2.64. The molecule has 2 aromatic heterocycles. The zero-order valence-electron chi connectivity index (χ0n) is 17.7. The predicted molar refractivity (Wildman–Crippen MR) is 102 cm³/mol. The van der Waals surface area contributed by atoms with Gasteiger partial charge >= 0.3 is 23.8 Å². The van der Waals surface area contributed by atoms with Crippen molar-refractivity contribution in [1.82, 2.24) is 19.1 Å². The second-order valence-corrected chi connectivity index (χ2v) is 7.32. The van der Waals surface area contributed by atoms with Crippen LogP contribution in [0.1, 0.15) is 33.4 Å². The van der Waals surface area contributed by atoms with Gasteiger partial charge in [-0.1, -0.05) is 6.92 Å². The van der Waals surface area contributed by atoms with Gasteiger partial charge in [0.1, 0.15) is 11.6 Å². The van der Waals surface area contributed by atoms with E-state index in [0.717, 1.165) is 11.5 Å². The zero-order valence-corrected chi connectivity index (χ0v) is 17.7. The maximum Gasteiger partial charge on any atom is 0.428 e. The first-order valence-corrected chi connectivity index (χ1v) is 9.80. The third-order valence-corrected chi connectivity index (χ3v) is 4.85. The Labute approximate surface area is 183 Å². The number of aromatic nitrogens is 4. The number of nitrogen functional groups attached to an aromatic ring is 1. The molecule has 1 aliphatic heterocycles. The molecular weight excluding hydrogens is 458 g/mol. The molecule has 1 aliphatic rings. The lowest BCUT2D eigenvalue weighted by Gasteiger charge is -2.26. The fourth-order valence-electron chi connectivity index (χ4n) is 3.66. The van der Waals surface area contributed by atoms with Crippen LogP contribution < -0.4 is 11.4 Å². The molecule has 11 nitrogen and oxygen atoms in total. The first-order valence-electron chi connectivity index (χ1n) is 9.80. The molecule has 0 radical (unpaired) electrons. The number of hydrogen-bond donors (Lipinski definition) is 1. The number of imidazole rings is 1. The van der Waals surface area contributed by atoms with Crippen LogP contribution in [-0.4, -0.2) is 61.7 Å². The number of rotatable bonds is 6. The van der Waals surface area contributed by atoms with Crippen molar-refractivity contribution >= 4 is 29.1 Å². The van der Waals surface area contributed by atoms with E-state index in [4.69, 9.17) is 15.2 Å². The molecule has 33 heavy (non-hydrogen) atoms. The van der Waals surface area contributed by atoms with Gasteiger partial charge < -0.3 is 19.9 Å². The summed E-state index contributed by atoms with van der Waals surface area (Å²) < 4.78 is 72.4. The van der Waals surface area contributed by atoms with Gasteiger partial charge in [-0.3, -0.25) is 14.2 Å². The quantitative estimate of drug-likeness (QED) is 0.479. The number of ether oxygens (including phenoxy) is 3. The molecule has 0 amide bonds. The minimum atomic E-state index is -5.22. The third kappa shape index (κ3) is 4.62. The van der Waals surface area contributed by atoms with Crippen molar-refractivity contribution in [2.45, 2.75) is 70.6 Å². The van der Waals surface area contributed by atoms with Crippen molar-refractivity contribution in [3.05, 3.63) is 16.7 Å². The third-order valence-electron chi connectivity index (χ3n) is 4.85. The van der Waals surface area contributed by atoms with Crippen molar-refractivity contribution < 1.29 is 41.4 Å². The maximum absolute atomic E-state index is 15.3. The molecular formula is C18H21F4N5O6. The fraction of sp³-hybridized carbons (Fsp3) is 0.611. The van der Waals surface area contributed by atoms with Crippen LogP contribution in [0.2, 0.25) is 0 Å². The zero-order chi connectivity index (χ0) is 24.7. The van der Waals surface area contributed by atoms with E-state index in [1.165, 1.54) is 10.8 Å². The molecule has 182 valence electrons. The van der Waals surface area contributed by atoms with Crippen LogP contribution in [0, 0.1) is 0 Å². The number of nitrogens with two attached hydrogens (primary N) is 1. The minimum Gasteiger partial charge on any atom is -0.454 e. The average molecular weight is 479 g/mol. The highest BCUT2D eigenvalue weighted by Crippen LogP contribution is 2.41. The van der Waals surface area contributed by atoms with Gasteiger partial charge in [0.15, 0.2) is 24.2 Å². The van der Waals surface area contributed by atoms with Gasteiger partial charge in [-0.2, -0.15) is 18.2 Å². The molecule has 3 heterocycles. The number of hydrogen-bond acceptors (Lipinski definition) is 9. The fourth-order valence-corrected chi connectivity index (χ4v) is 3.66. The number of alkyl halides is 4. The second-order valence-electron chi connectivity index (χ2n) is 7.32. The molecule has 0 spiro atoms. The van der Waals surface area contributed by atoms with E-state index in [1.807, 2.05) is 0 Å². The summed E-state index contributed by atoms with van der Waals surface area (Å²) in [5.41, 5.74) is 4.78. The van der Waals surface area contributed by atoms with E-state index >= 15 is 4.39 Å². The Kier molecular flexibility index (Phi) is 6.63. The Bertz CT molecular complexity index is 1120. The van der Waals surface area contributed by atoms with Gasteiger partial charge in [0.25, 0.3) is 0 Å². The molecule has 5 atom stereocenters. The smallest absolute Gasteiger partial charge is 0.428 e. The van der Waals surface area contributed by atoms with Crippen molar-refractivity contribution in [3.8, 4) is 0 Å². The second kappa shape index (κ2) is 8.96. The molecule has 1 unspecified atom stereocenters. The van der Waals surface area contributed by atoms with Gasteiger partial charge in [-0.05, 0) is 6.42 Å². The van der Waals surface area contributed by atoms with E-state index in [9.17, 15) is 27.6 Å². The number of anilines is 1. The Morgan fingerprint density at radius 2 is 1.97 bits per heavy atom. The molecule has 2 N–H and O–H groups in total. The number of esters is 2. The standard InChI is InChI=1S/C18H21F4N5O6/c1-4-5-26-9-6-24-16(23)25-14(9)27(17(26)30)15-12(31-7(2)28)10(19)11(33-15)13(18(20,21)22)32-8(3)29/h6,10-13,15H,4-5H2,1-3H3,(H2,23,24,25)/t10-,11-,12+,13?,15+/m0/s1. The van der Waals surface area contributed by atoms with Crippen molar-refractivity contribution in [2.75, 3.05) is 5.73 Å². The Morgan fingerprint density at radius 1 is 1.30 bits per heavy atom. The monoisotopic (exact) mass is 479 g/mol. The highest BCUT2D eigenvalue weighted by atomic mass is 19.4. The largest absolute Gasteiger partial charge is 0.454 e. The summed E-state index contributed by atoms with van der Waals surface area (Å²) in [6.45, 7) is 3.56. The van der Waals surface area contributed by atoms with E-state index in [-0.39, 0.29) is 23.7 Å². The normalized spacial score (nSPS) is 24.1. The molecule has 0 aromatic carbocycles. The summed E-state index contributed by atoms with van der Waals surface area (Å²) in [6, 6.07) is 0. The lowest BCUT2D eigenvalue weighted by Crippen LogP contribution is -2.47. The van der Waals surface area contributed by atoms with Crippen LogP contribution in [0.5, 0.6) is 0 Å². The SMILES string of the molecule is CCCn1c(=O)n([C@@H]2O[C@H](C(OC(C)=O)C(F)(F)F)[C@H](F)[C@H]2OC(C)=O)c2nc(N)ncc21. The maximum atomic E-state index is 15.3. The first kappa shape index (κ1) is 24.4. The van der Waals surface area contributed by atoms with Crippen LogP contribution in [0.25, 0.3) is 11.2 Å². The Morgan fingerprint density at radius 3 is 2.52 bits per heavy atom. The summed E-state index contributed by atoms with van der Waals surface area (Å²) in [5, 5.41) is 0. The number of aryl methyl sites for hydroxylation is 1. The Hall–Kier alpha value is -3.23. The molecule has 1 saturated heterocycles. The summed E-state index contributed by atoms with van der Waals surface area (Å²) in [6.07, 6.45) is -15.4. The number of nitrogens with zero attached hydrogens (tertiary/aromatic N) is 4. The van der Waals surface area contributed by atoms with Crippen LogP contribution in [0.4, 0.5) is 23.5 Å². The highest BCUT2D eigenvalue weighted by Gasteiger charge is 2.60. The topological polar surface area (TPSA) is 141 Å². The summed E-state index contributed by atoms with van der Waals surface area (Å²) in [4.78, 5) is 43.7. The Balaban J connectivity index is 2.18. The average Bonchev–Trinajstić information content (AvgIpc) is 3.13. The molecule has 0 bridgehead atoms. The van der Waals surface area contributed by atoms with Crippen molar-refractivity contribution in [3.63, 3.8) is 0 Å². The van der Waals surface area contributed by atoms with Crippen LogP contribution in [-0.2, 0) is 30.3 Å².